The van der Waals surface area contributed by atoms with E-state index in [-0.39, 0.29) is 62.8 Å². The molecule has 9 rings (SSSR count). The average Bonchev–Trinajstić information content (AvgIpc) is 3.93. The third-order valence-corrected chi connectivity index (χ3v) is 17.9. The van der Waals surface area contributed by atoms with Gasteiger partial charge in [0.2, 0.25) is 27.7 Å². The number of para-hydroxylation sites is 1. The number of allylic oxidation sites excluding steroid dienone is 2. The van der Waals surface area contributed by atoms with Crippen molar-refractivity contribution in [3.05, 3.63) is 54.6 Å². The van der Waals surface area contributed by atoms with Gasteiger partial charge in [0.25, 0.3) is 11.8 Å². The monoisotopic (exact) mass is 964 g/mol. The quantitative estimate of drug-likeness (QED) is 0.156. The van der Waals surface area contributed by atoms with Gasteiger partial charge in [-0.1, -0.05) is 43.2 Å². The molecule has 15 nitrogen and oxygen atoms in total. The standard InChI is InChI=1S/C50H66F2N6O9S/c1-3-34-29-50(34,46(61)56-68(63,64)48(2)23-24-48)55-43(59)39-28-35-30-58(39)45(60)41(33-15-7-8-16-33)54-47(62)67-40-21-11-17-32(40)14-5-4-6-19-37-42(36-18-9-10-20-38(36)53-44(37)66-35)65-27-13-26-57-25-12-22-49(51,52)31-57/h3-4,6,9-10,18,20,32-35,39-41H,1,5,7-8,11-17,19,21-31H2,2H3,(H,54,62)(H,55,59)(H,56,61)/t32-,34-,35-,39+,40-,41+,50-/m1/s1. The predicted octanol–water partition coefficient (Wildman–Crippen LogP) is 6.49. The van der Waals surface area contributed by atoms with Crippen LogP contribution in [0.3, 0.4) is 0 Å². The van der Waals surface area contributed by atoms with Crippen molar-refractivity contribution in [1.29, 1.82) is 0 Å². The van der Waals surface area contributed by atoms with E-state index in [2.05, 4.69) is 28.0 Å². The maximum absolute atomic E-state index is 15.1. The number of nitrogens with zero attached hydrogens (tertiary/aromatic N) is 3. The molecule has 3 N–H and O–H groups in total. The number of benzene rings is 1. The molecule has 0 radical (unpaired) electrons. The van der Waals surface area contributed by atoms with E-state index in [0.29, 0.717) is 81.3 Å². The Labute approximate surface area is 397 Å². The normalized spacial score (nSPS) is 30.7. The van der Waals surface area contributed by atoms with Crippen LogP contribution < -0.4 is 24.8 Å². The highest BCUT2D eigenvalue weighted by Crippen LogP contribution is 2.47. The number of carbonyl (C=O) groups is 4. The number of nitrogens with one attached hydrogen (secondary N) is 3. The fourth-order valence-electron chi connectivity index (χ4n) is 11.3. The number of ether oxygens (including phenoxy) is 3. The molecule has 4 aliphatic carbocycles. The Bertz CT molecular complexity index is 2410. The number of piperidine rings is 1. The van der Waals surface area contributed by atoms with Gasteiger partial charge in [0, 0.05) is 30.7 Å². The Morgan fingerprint density at radius 1 is 1.01 bits per heavy atom. The summed E-state index contributed by atoms with van der Waals surface area (Å²) >= 11 is 0. The maximum Gasteiger partial charge on any atom is 0.408 e. The van der Waals surface area contributed by atoms with Crippen LogP contribution in [0.2, 0.25) is 0 Å². The highest BCUT2D eigenvalue weighted by molar-refractivity contribution is 7.91. The second-order valence-electron chi connectivity index (χ2n) is 20.6. The number of amides is 4. The van der Waals surface area contributed by atoms with Gasteiger partial charge in [0.15, 0.2) is 0 Å². The van der Waals surface area contributed by atoms with E-state index < -0.39 is 74.2 Å². The molecule has 2 saturated heterocycles. The summed E-state index contributed by atoms with van der Waals surface area (Å²) in [4.78, 5) is 65.8. The average molecular weight is 965 g/mol. The topological polar surface area (TPSA) is 186 Å². The van der Waals surface area contributed by atoms with E-state index in [9.17, 15) is 31.6 Å². The van der Waals surface area contributed by atoms with Crippen molar-refractivity contribution in [3.8, 4) is 11.6 Å². The molecule has 4 amide bonds. The first-order valence-corrected chi connectivity index (χ1v) is 26.3. The molecule has 4 saturated carbocycles. The fourth-order valence-corrected chi connectivity index (χ4v) is 12.6. The largest absolute Gasteiger partial charge is 0.492 e. The van der Waals surface area contributed by atoms with Crippen molar-refractivity contribution >= 4 is 44.7 Å². The highest BCUT2D eigenvalue weighted by atomic mass is 32.2. The number of rotatable bonds is 12. The Morgan fingerprint density at radius 2 is 1.79 bits per heavy atom. The number of alkyl carbamates (subject to hydrolysis) is 1. The lowest BCUT2D eigenvalue weighted by atomic mass is 9.96. The maximum atomic E-state index is 15.1. The summed E-state index contributed by atoms with van der Waals surface area (Å²) in [7, 11) is -4.04. The number of sulfonamides is 1. The summed E-state index contributed by atoms with van der Waals surface area (Å²) in [5.74, 6) is -4.56. The van der Waals surface area contributed by atoms with Gasteiger partial charge in [-0.05, 0) is 121 Å². The van der Waals surface area contributed by atoms with Gasteiger partial charge >= 0.3 is 6.09 Å². The van der Waals surface area contributed by atoms with Crippen molar-refractivity contribution in [2.45, 2.75) is 157 Å². The van der Waals surface area contributed by atoms with Gasteiger partial charge in [-0.2, -0.15) is 0 Å². The molecule has 6 fully saturated rings. The van der Waals surface area contributed by atoms with Crippen LogP contribution in [-0.4, -0.2) is 120 Å². The Hall–Kier alpha value is -4.84. The van der Waals surface area contributed by atoms with Crippen molar-refractivity contribution in [2.75, 3.05) is 32.8 Å². The first-order chi connectivity index (χ1) is 32.6. The van der Waals surface area contributed by atoms with E-state index in [1.165, 1.54) is 11.0 Å². The summed E-state index contributed by atoms with van der Waals surface area (Å²) in [6.45, 7) is 6.38. The molecule has 1 aromatic heterocycles. The van der Waals surface area contributed by atoms with Gasteiger partial charge in [0.1, 0.15) is 35.6 Å². The third-order valence-electron chi connectivity index (χ3n) is 15.7. The van der Waals surface area contributed by atoms with Crippen molar-refractivity contribution < 1.29 is 50.6 Å². The van der Waals surface area contributed by atoms with E-state index in [4.69, 9.17) is 19.2 Å². The van der Waals surface area contributed by atoms with E-state index in [1.54, 1.807) is 11.8 Å². The molecular weight excluding hydrogens is 899 g/mol. The van der Waals surface area contributed by atoms with Crippen LogP contribution in [-0.2, 0) is 35.6 Å². The molecule has 18 heteroatoms. The van der Waals surface area contributed by atoms with Crippen molar-refractivity contribution in [2.24, 2.45) is 17.8 Å². The number of halogens is 2. The van der Waals surface area contributed by atoms with Crippen LogP contribution in [0.25, 0.3) is 10.9 Å². The predicted molar refractivity (Wildman–Crippen MR) is 249 cm³/mol. The molecule has 4 heterocycles. The highest BCUT2D eigenvalue weighted by Gasteiger charge is 2.63. The number of alkyl halides is 2. The molecule has 0 unspecified atom stereocenters. The van der Waals surface area contributed by atoms with E-state index in [0.717, 1.165) is 43.9 Å². The smallest absolute Gasteiger partial charge is 0.408 e. The summed E-state index contributed by atoms with van der Waals surface area (Å²) in [5.41, 5.74) is -0.364. The zero-order valence-corrected chi connectivity index (χ0v) is 39.8. The van der Waals surface area contributed by atoms with E-state index >= 15 is 4.79 Å². The summed E-state index contributed by atoms with van der Waals surface area (Å²) in [6.07, 6.45) is 13.1. The number of fused-ring (bicyclic) bond motifs is 5. The summed E-state index contributed by atoms with van der Waals surface area (Å²) in [6, 6.07) is 5.32. The van der Waals surface area contributed by atoms with Crippen LogP contribution in [0.15, 0.2) is 49.1 Å². The second kappa shape index (κ2) is 19.5. The number of hydrogen-bond donors (Lipinski definition) is 3. The van der Waals surface area contributed by atoms with Gasteiger partial charge in [-0.25, -0.2) is 27.0 Å². The Morgan fingerprint density at radius 3 is 2.54 bits per heavy atom. The molecule has 7 atom stereocenters. The van der Waals surface area contributed by atoms with Crippen LogP contribution in [0.4, 0.5) is 13.6 Å². The molecule has 68 heavy (non-hydrogen) atoms. The number of hydrogen-bond acceptors (Lipinski definition) is 11. The second-order valence-corrected chi connectivity index (χ2v) is 22.8. The SMILES string of the molecule is C=C[C@@H]1C[C@]1(NC(=O)[C@@H]1C[C@@H]2CN1C(=O)[C@H](C1CCCC1)NC(=O)O[C@@H]1CCC[C@H]1CCC=CCc1c(nc3ccccc3c1OCCCN1CCCC(F)(F)C1)O2)C(=O)NS(=O)(=O)C1(C)CC1. The molecule has 2 bridgehead atoms. The first kappa shape index (κ1) is 48.2. The number of carbonyl (C=O) groups excluding carboxylic acids is 4. The molecule has 370 valence electrons. The number of likely N-dealkylation sites (tertiary alicyclic amines) is 1. The van der Waals surface area contributed by atoms with Gasteiger partial charge in [0.05, 0.1) is 35.5 Å². The van der Waals surface area contributed by atoms with Crippen LogP contribution in [0.5, 0.6) is 11.6 Å². The lowest BCUT2D eigenvalue weighted by Gasteiger charge is -2.32. The summed E-state index contributed by atoms with van der Waals surface area (Å²) < 4.78 is 75.7. The number of aromatic nitrogens is 1. The van der Waals surface area contributed by atoms with Gasteiger partial charge < -0.3 is 29.7 Å². The van der Waals surface area contributed by atoms with Crippen molar-refractivity contribution in [1.82, 2.24) is 30.1 Å². The van der Waals surface area contributed by atoms with Crippen LogP contribution >= 0.6 is 0 Å². The molecule has 7 aliphatic rings. The molecule has 1 aromatic carbocycles. The first-order valence-electron chi connectivity index (χ1n) is 24.8. The molecule has 0 spiro atoms. The molecule has 3 aliphatic heterocycles. The number of pyridine rings is 1. The van der Waals surface area contributed by atoms with Crippen LogP contribution in [0, 0.1) is 17.8 Å². The lowest BCUT2D eigenvalue weighted by molar-refractivity contribution is -0.142. The minimum atomic E-state index is -4.04. The van der Waals surface area contributed by atoms with Crippen molar-refractivity contribution in [3.63, 3.8) is 0 Å². The summed E-state index contributed by atoms with van der Waals surface area (Å²) in [5, 5.41) is 6.57. The third kappa shape index (κ3) is 10.2. The Kier molecular flexibility index (Phi) is 13.8. The van der Waals surface area contributed by atoms with Gasteiger partial charge in [-0.3, -0.25) is 24.0 Å². The molecular formula is C50H66F2N6O9S. The molecule has 2 aromatic rings. The van der Waals surface area contributed by atoms with Crippen LogP contribution in [0.1, 0.15) is 115 Å². The lowest BCUT2D eigenvalue weighted by Crippen LogP contribution is -2.59. The minimum Gasteiger partial charge on any atom is -0.492 e. The zero-order valence-electron chi connectivity index (χ0n) is 39.0. The zero-order chi connectivity index (χ0) is 47.8. The minimum absolute atomic E-state index is 0.0174. The van der Waals surface area contributed by atoms with E-state index in [1.807, 2.05) is 30.3 Å². The van der Waals surface area contributed by atoms with Gasteiger partial charge in [-0.15, -0.1) is 6.58 Å². The Balaban J connectivity index is 1.05. The fraction of sp³-hybridized carbons (Fsp3) is 0.660.